The fraction of sp³-hybridized carbons (Fsp3) is 0.300. The Labute approximate surface area is 116 Å². The largest absolute Gasteiger partial charge is 0.493 e. The molecule has 0 atom stereocenters. The highest BCUT2D eigenvalue weighted by molar-refractivity contribution is 14.2. The quantitative estimate of drug-likeness (QED) is 0.827. The van der Waals surface area contributed by atoms with Crippen LogP contribution in [0.15, 0.2) is 11.0 Å². The molecule has 0 heterocycles. The highest BCUT2D eigenvalue weighted by Gasteiger charge is 2.20. The minimum absolute atomic E-state index is 0.368. The summed E-state index contributed by atoms with van der Waals surface area (Å²) < 4.78 is 15.5. The summed E-state index contributed by atoms with van der Waals surface area (Å²) in [5.74, 6) is 1.51. The van der Waals surface area contributed by atoms with Crippen LogP contribution in [0.3, 0.4) is 0 Å². The summed E-state index contributed by atoms with van der Waals surface area (Å²) >= 11 is 2.07. The van der Waals surface area contributed by atoms with Gasteiger partial charge in [-0.2, -0.15) is 0 Å². The summed E-state index contributed by atoms with van der Waals surface area (Å²) in [6.45, 7) is 1.83. The van der Waals surface area contributed by atoms with Crippen molar-refractivity contribution in [1.82, 2.24) is 0 Å². The molecule has 0 aliphatic rings. The summed E-state index contributed by atoms with van der Waals surface area (Å²) in [6, 6.07) is 1.69. The van der Waals surface area contributed by atoms with Gasteiger partial charge in [0.1, 0.15) is 4.90 Å². The third kappa shape index (κ3) is 3.09. The second-order valence-corrected chi connectivity index (χ2v) is 4.97. The SMILES string of the molecule is COc1c(C)cc(OC(N)=O)c(SI)c1OC. The zero-order valence-corrected chi connectivity index (χ0v) is 12.5. The predicted molar refractivity (Wildman–Crippen MR) is 74.4 cm³/mol. The number of benzene rings is 1. The van der Waals surface area contributed by atoms with Crippen molar-refractivity contribution in [2.24, 2.45) is 5.73 Å². The zero-order chi connectivity index (χ0) is 13.0. The zero-order valence-electron chi connectivity index (χ0n) is 9.57. The Bertz CT molecular complexity index is 439. The number of hydrogen-bond acceptors (Lipinski definition) is 5. The van der Waals surface area contributed by atoms with Crippen LogP contribution in [0.25, 0.3) is 0 Å². The number of nitrogens with two attached hydrogens (primary N) is 1. The number of halogens is 1. The second-order valence-electron chi connectivity index (χ2n) is 3.09. The molecular weight excluding hydrogens is 357 g/mol. The van der Waals surface area contributed by atoms with Gasteiger partial charge in [0.2, 0.25) is 0 Å². The highest BCUT2D eigenvalue weighted by Crippen LogP contribution is 2.48. The number of aryl methyl sites for hydroxylation is 1. The molecule has 0 aromatic heterocycles. The van der Waals surface area contributed by atoms with Gasteiger partial charge in [0, 0.05) is 21.2 Å². The maximum atomic E-state index is 10.8. The van der Waals surface area contributed by atoms with Crippen molar-refractivity contribution in [3.63, 3.8) is 0 Å². The van der Waals surface area contributed by atoms with Crippen LogP contribution in [0, 0.1) is 6.92 Å². The Kier molecular flexibility index (Phi) is 5.19. The van der Waals surface area contributed by atoms with Crippen molar-refractivity contribution in [3.05, 3.63) is 11.6 Å². The van der Waals surface area contributed by atoms with E-state index in [-0.39, 0.29) is 0 Å². The third-order valence-corrected chi connectivity index (χ3v) is 3.90. The first-order chi connectivity index (χ1) is 8.04. The second kappa shape index (κ2) is 6.20. The first-order valence-electron chi connectivity index (χ1n) is 4.56. The normalized spacial score (nSPS) is 9.88. The fourth-order valence-electron chi connectivity index (χ4n) is 1.42. The molecule has 0 unspecified atom stereocenters. The Morgan fingerprint density at radius 3 is 2.35 bits per heavy atom. The Morgan fingerprint density at radius 1 is 1.35 bits per heavy atom. The molecule has 94 valence electrons. The average molecular weight is 369 g/mol. The van der Waals surface area contributed by atoms with E-state index in [0.717, 1.165) is 5.56 Å². The van der Waals surface area contributed by atoms with Gasteiger partial charge in [-0.15, -0.1) is 0 Å². The number of ether oxygens (including phenoxy) is 3. The maximum absolute atomic E-state index is 10.8. The third-order valence-electron chi connectivity index (χ3n) is 2.04. The van der Waals surface area contributed by atoms with Gasteiger partial charge in [-0.3, -0.25) is 0 Å². The molecule has 17 heavy (non-hydrogen) atoms. The number of carbonyl (C=O) groups is 1. The fourth-order valence-corrected chi connectivity index (χ4v) is 3.09. The van der Waals surface area contributed by atoms with E-state index in [4.69, 9.17) is 19.9 Å². The van der Waals surface area contributed by atoms with E-state index in [1.54, 1.807) is 13.2 Å². The van der Waals surface area contributed by atoms with Crippen LogP contribution in [-0.4, -0.2) is 20.3 Å². The molecule has 0 aliphatic carbocycles. The van der Waals surface area contributed by atoms with E-state index in [1.807, 2.05) is 6.92 Å². The van der Waals surface area contributed by atoms with E-state index in [0.29, 0.717) is 22.1 Å². The van der Waals surface area contributed by atoms with Gasteiger partial charge in [0.05, 0.1) is 14.2 Å². The number of hydrogen-bond donors (Lipinski definition) is 1. The highest BCUT2D eigenvalue weighted by atomic mass is 127. The van der Waals surface area contributed by atoms with Crippen LogP contribution in [0.2, 0.25) is 0 Å². The van der Waals surface area contributed by atoms with Crippen LogP contribution >= 0.6 is 30.1 Å². The van der Waals surface area contributed by atoms with Gasteiger partial charge < -0.3 is 19.9 Å². The minimum atomic E-state index is -0.858. The first-order valence-corrected chi connectivity index (χ1v) is 7.92. The summed E-state index contributed by atoms with van der Waals surface area (Å²) in [7, 11) is 4.45. The Morgan fingerprint density at radius 2 is 1.94 bits per heavy atom. The molecule has 7 heteroatoms. The van der Waals surface area contributed by atoms with E-state index in [9.17, 15) is 4.79 Å². The standard InChI is InChI=1S/C10H12INO4S/c1-5-4-6(16-10(12)13)9(17-11)8(15-3)7(5)14-2/h4H,1-3H3,(H2,12,13). The number of rotatable bonds is 4. The summed E-state index contributed by atoms with van der Waals surface area (Å²) in [6.07, 6.45) is -0.858. The van der Waals surface area contributed by atoms with Gasteiger partial charge in [-0.05, 0) is 27.5 Å². The monoisotopic (exact) mass is 369 g/mol. The topological polar surface area (TPSA) is 70.8 Å². The molecule has 5 nitrogen and oxygen atoms in total. The number of amides is 1. The summed E-state index contributed by atoms with van der Waals surface area (Å²) in [4.78, 5) is 11.5. The Balaban J connectivity index is 3.41. The molecule has 1 amide bonds. The maximum Gasteiger partial charge on any atom is 0.410 e. The molecule has 0 spiro atoms. The molecule has 1 rings (SSSR count). The first kappa shape index (κ1) is 14.2. The lowest BCUT2D eigenvalue weighted by molar-refractivity contribution is 0.209. The van der Waals surface area contributed by atoms with Gasteiger partial charge in [0.15, 0.2) is 17.2 Å². The van der Waals surface area contributed by atoms with E-state index in [2.05, 4.69) is 21.2 Å². The molecule has 1 aromatic rings. The van der Waals surface area contributed by atoms with Crippen molar-refractivity contribution < 1.29 is 19.0 Å². The van der Waals surface area contributed by atoms with Gasteiger partial charge >= 0.3 is 6.09 Å². The van der Waals surface area contributed by atoms with Crippen molar-refractivity contribution in [1.29, 1.82) is 0 Å². The minimum Gasteiger partial charge on any atom is -0.493 e. The lowest BCUT2D eigenvalue weighted by Gasteiger charge is -2.16. The average Bonchev–Trinajstić information content (AvgIpc) is 2.27. The number of carbonyl (C=O) groups excluding carboxylic acids is 1. The van der Waals surface area contributed by atoms with Crippen LogP contribution in [0.1, 0.15) is 5.56 Å². The molecule has 1 aromatic carbocycles. The van der Waals surface area contributed by atoms with Gasteiger partial charge in [-0.1, -0.05) is 0 Å². The molecule has 0 bridgehead atoms. The molecular formula is C10H12INO4S. The molecule has 0 saturated carbocycles. The predicted octanol–water partition coefficient (Wildman–Crippen LogP) is 2.91. The van der Waals surface area contributed by atoms with Crippen LogP contribution in [0.5, 0.6) is 17.2 Å². The van der Waals surface area contributed by atoms with Crippen molar-refractivity contribution in [2.45, 2.75) is 11.8 Å². The van der Waals surface area contributed by atoms with Crippen LogP contribution in [0.4, 0.5) is 4.79 Å². The Hall–Kier alpha value is -0.830. The van der Waals surface area contributed by atoms with Crippen LogP contribution in [-0.2, 0) is 0 Å². The lowest BCUT2D eigenvalue weighted by Crippen LogP contribution is -2.17. The molecule has 2 N–H and O–H groups in total. The van der Waals surface area contributed by atoms with Gasteiger partial charge in [-0.25, -0.2) is 4.79 Å². The molecule has 0 aliphatic heterocycles. The number of primary amides is 1. The molecule has 0 radical (unpaired) electrons. The lowest BCUT2D eigenvalue weighted by atomic mass is 10.2. The van der Waals surface area contributed by atoms with Crippen LogP contribution < -0.4 is 19.9 Å². The van der Waals surface area contributed by atoms with E-state index in [1.165, 1.54) is 16.0 Å². The summed E-state index contributed by atoms with van der Waals surface area (Å²) in [5, 5.41) is 0. The molecule has 0 saturated heterocycles. The van der Waals surface area contributed by atoms with Crippen molar-refractivity contribution >= 4 is 36.2 Å². The number of methoxy groups -OCH3 is 2. The van der Waals surface area contributed by atoms with E-state index >= 15 is 0 Å². The smallest absolute Gasteiger partial charge is 0.410 e. The van der Waals surface area contributed by atoms with Gasteiger partial charge in [0.25, 0.3) is 0 Å². The molecule has 0 fully saturated rings. The van der Waals surface area contributed by atoms with E-state index < -0.39 is 6.09 Å². The summed E-state index contributed by atoms with van der Waals surface area (Å²) in [5.41, 5.74) is 5.82. The van der Waals surface area contributed by atoms with Crippen molar-refractivity contribution in [3.8, 4) is 17.2 Å². The van der Waals surface area contributed by atoms with Crippen molar-refractivity contribution in [2.75, 3.05) is 14.2 Å².